The number of hydrogen-bond acceptors (Lipinski definition) is 6. The quantitative estimate of drug-likeness (QED) is 0.638. The van der Waals surface area contributed by atoms with Gasteiger partial charge >= 0.3 is 0 Å². The molecule has 2 aromatic heterocycles. The maximum Gasteiger partial charge on any atom is 0.270 e. The molecule has 0 N–H and O–H groups in total. The smallest absolute Gasteiger partial charge is 0.270 e. The molecule has 0 radical (unpaired) electrons. The molecular weight excluding hydrogens is 342 g/mol. The largest absolute Gasteiger partial charge is 0.495 e. The molecule has 0 spiro atoms. The van der Waals surface area contributed by atoms with Crippen LogP contribution in [0.15, 0.2) is 29.8 Å². The standard InChI is InChI=1S/C16H15N5O3S/c1-4-7-21-14-11(23-2)5-6-12(24-3)15(14)25-16(21)19-13(22)8-20-10-17-9-18-20/h1,5-6,9-10H,7-8H2,2-3H3. The van der Waals surface area contributed by atoms with Gasteiger partial charge in [0, 0.05) is 0 Å². The van der Waals surface area contributed by atoms with E-state index < -0.39 is 0 Å². The number of hydrogen-bond donors (Lipinski definition) is 0. The molecule has 0 unspecified atom stereocenters. The Morgan fingerprint density at radius 3 is 2.76 bits per heavy atom. The zero-order chi connectivity index (χ0) is 17.8. The van der Waals surface area contributed by atoms with Crippen LogP contribution in [0.5, 0.6) is 11.5 Å². The van der Waals surface area contributed by atoms with Crippen molar-refractivity contribution < 1.29 is 14.3 Å². The fraction of sp³-hybridized carbons (Fsp3) is 0.250. The van der Waals surface area contributed by atoms with E-state index >= 15 is 0 Å². The number of ether oxygens (including phenoxy) is 2. The second-order valence-electron chi connectivity index (χ2n) is 4.92. The van der Waals surface area contributed by atoms with Crippen LogP contribution < -0.4 is 14.3 Å². The van der Waals surface area contributed by atoms with Gasteiger partial charge in [-0.05, 0) is 12.1 Å². The second kappa shape index (κ2) is 7.19. The zero-order valence-electron chi connectivity index (χ0n) is 13.7. The van der Waals surface area contributed by atoms with Crippen molar-refractivity contribution in [1.29, 1.82) is 0 Å². The summed E-state index contributed by atoms with van der Waals surface area (Å²) in [5.41, 5.74) is 0.747. The first-order valence-electron chi connectivity index (χ1n) is 7.25. The van der Waals surface area contributed by atoms with E-state index in [1.54, 1.807) is 30.9 Å². The van der Waals surface area contributed by atoms with E-state index in [9.17, 15) is 4.79 Å². The Labute approximate surface area is 147 Å². The average molecular weight is 357 g/mol. The summed E-state index contributed by atoms with van der Waals surface area (Å²) in [6.45, 7) is 0.248. The fourth-order valence-electron chi connectivity index (χ4n) is 2.37. The number of aromatic nitrogens is 4. The molecule has 0 aliphatic carbocycles. The summed E-state index contributed by atoms with van der Waals surface area (Å²) in [6, 6.07) is 3.60. The Hall–Kier alpha value is -3.12. The maximum atomic E-state index is 12.2. The third kappa shape index (κ3) is 3.25. The monoisotopic (exact) mass is 357 g/mol. The van der Waals surface area contributed by atoms with Crippen LogP contribution in [0.4, 0.5) is 0 Å². The first-order valence-corrected chi connectivity index (χ1v) is 8.07. The molecule has 8 nitrogen and oxygen atoms in total. The molecule has 1 amide bonds. The summed E-state index contributed by atoms with van der Waals surface area (Å²) in [7, 11) is 3.16. The number of nitrogens with zero attached hydrogens (tertiary/aromatic N) is 5. The third-order valence-corrected chi connectivity index (χ3v) is 4.52. The lowest BCUT2D eigenvalue weighted by Gasteiger charge is -2.08. The molecule has 0 saturated heterocycles. The summed E-state index contributed by atoms with van der Waals surface area (Å²) < 4.78 is 14.8. The topological polar surface area (TPSA) is 83.5 Å². The predicted molar refractivity (Wildman–Crippen MR) is 92.3 cm³/mol. The van der Waals surface area contributed by atoms with Crippen LogP contribution in [0.2, 0.25) is 0 Å². The lowest BCUT2D eigenvalue weighted by Crippen LogP contribution is -2.18. The van der Waals surface area contributed by atoms with Gasteiger partial charge in [-0.2, -0.15) is 10.1 Å². The Balaban J connectivity index is 2.17. The van der Waals surface area contributed by atoms with Crippen LogP contribution in [-0.2, 0) is 17.9 Å². The highest BCUT2D eigenvalue weighted by atomic mass is 32.1. The van der Waals surface area contributed by atoms with E-state index in [1.165, 1.54) is 28.7 Å². The molecular formula is C16H15N5O3S. The van der Waals surface area contributed by atoms with Gasteiger partial charge in [-0.15, -0.1) is 6.42 Å². The van der Waals surface area contributed by atoms with Gasteiger partial charge in [0.15, 0.2) is 4.80 Å². The molecule has 2 heterocycles. The second-order valence-corrected chi connectivity index (χ2v) is 5.90. The van der Waals surface area contributed by atoms with Crippen LogP contribution in [0.3, 0.4) is 0 Å². The Bertz CT molecular complexity index is 1010. The molecule has 0 bridgehead atoms. The summed E-state index contributed by atoms with van der Waals surface area (Å²) in [4.78, 5) is 20.7. The maximum absolute atomic E-state index is 12.2. The van der Waals surface area contributed by atoms with Crippen LogP contribution >= 0.6 is 11.3 Å². The molecule has 0 fully saturated rings. The van der Waals surface area contributed by atoms with E-state index in [4.69, 9.17) is 15.9 Å². The zero-order valence-corrected chi connectivity index (χ0v) is 14.5. The number of thiazole rings is 1. The molecule has 0 atom stereocenters. The lowest BCUT2D eigenvalue weighted by molar-refractivity contribution is -0.118. The molecule has 0 aliphatic heterocycles. The highest BCUT2D eigenvalue weighted by molar-refractivity contribution is 7.16. The van der Waals surface area contributed by atoms with Gasteiger partial charge in [0.25, 0.3) is 5.91 Å². The number of rotatable bonds is 5. The summed E-state index contributed by atoms with van der Waals surface area (Å²) in [5.74, 6) is 3.52. The number of carbonyl (C=O) groups excluding carboxylic acids is 1. The number of methoxy groups -OCH3 is 2. The Morgan fingerprint density at radius 1 is 1.36 bits per heavy atom. The van der Waals surface area contributed by atoms with Gasteiger partial charge in [-0.3, -0.25) is 4.79 Å². The summed E-state index contributed by atoms with van der Waals surface area (Å²) >= 11 is 1.32. The van der Waals surface area contributed by atoms with Crippen molar-refractivity contribution in [3.8, 4) is 23.8 Å². The van der Waals surface area contributed by atoms with E-state index in [0.717, 1.165) is 10.2 Å². The van der Waals surface area contributed by atoms with Crippen LogP contribution in [0, 0.1) is 12.3 Å². The number of benzene rings is 1. The van der Waals surface area contributed by atoms with Crippen molar-refractivity contribution in [1.82, 2.24) is 19.3 Å². The first-order chi connectivity index (χ1) is 12.2. The third-order valence-electron chi connectivity index (χ3n) is 3.43. The highest BCUT2D eigenvalue weighted by Crippen LogP contribution is 2.35. The normalized spacial score (nSPS) is 11.5. The van der Waals surface area contributed by atoms with Gasteiger partial charge in [-0.1, -0.05) is 17.3 Å². The number of carbonyl (C=O) groups is 1. The van der Waals surface area contributed by atoms with Crippen LogP contribution in [0.25, 0.3) is 10.2 Å². The minimum Gasteiger partial charge on any atom is -0.495 e. The van der Waals surface area contributed by atoms with Crippen LogP contribution in [-0.4, -0.2) is 39.5 Å². The fourth-order valence-corrected chi connectivity index (χ4v) is 3.53. The molecule has 3 aromatic rings. The van der Waals surface area contributed by atoms with E-state index in [-0.39, 0.29) is 19.0 Å². The number of fused-ring (bicyclic) bond motifs is 1. The molecule has 128 valence electrons. The van der Waals surface area contributed by atoms with E-state index in [1.807, 2.05) is 0 Å². The predicted octanol–water partition coefficient (Wildman–Crippen LogP) is 1.07. The number of terminal acetylenes is 1. The summed E-state index contributed by atoms with van der Waals surface area (Å²) in [5, 5.41) is 3.90. The van der Waals surface area contributed by atoms with Gasteiger partial charge in [0.2, 0.25) is 0 Å². The van der Waals surface area contributed by atoms with Crippen molar-refractivity contribution in [2.75, 3.05) is 14.2 Å². The molecule has 25 heavy (non-hydrogen) atoms. The summed E-state index contributed by atoms with van der Waals surface area (Å²) in [6.07, 6.45) is 8.32. The molecule has 3 rings (SSSR count). The average Bonchev–Trinajstić information content (AvgIpc) is 3.23. The SMILES string of the molecule is C#CCn1c(=NC(=O)Cn2cncn2)sc2c(OC)ccc(OC)c21. The van der Waals surface area contributed by atoms with Crippen molar-refractivity contribution >= 4 is 27.5 Å². The van der Waals surface area contributed by atoms with Gasteiger partial charge in [-0.25, -0.2) is 9.67 Å². The van der Waals surface area contributed by atoms with Gasteiger partial charge < -0.3 is 14.0 Å². The highest BCUT2D eigenvalue weighted by Gasteiger charge is 2.16. The minimum atomic E-state index is -0.360. The van der Waals surface area contributed by atoms with Crippen molar-refractivity contribution in [2.45, 2.75) is 13.1 Å². The van der Waals surface area contributed by atoms with Crippen LogP contribution in [0.1, 0.15) is 0 Å². The Kier molecular flexibility index (Phi) is 4.81. The molecule has 9 heteroatoms. The number of amides is 1. The molecule has 1 aromatic carbocycles. The van der Waals surface area contributed by atoms with Crippen molar-refractivity contribution in [3.63, 3.8) is 0 Å². The van der Waals surface area contributed by atoms with Gasteiger partial charge in [0.1, 0.15) is 40.9 Å². The first kappa shape index (κ1) is 16.7. The van der Waals surface area contributed by atoms with Crippen molar-refractivity contribution in [2.24, 2.45) is 4.99 Å². The molecule has 0 saturated carbocycles. The molecule has 0 aliphatic rings. The van der Waals surface area contributed by atoms with Gasteiger partial charge in [0.05, 0.1) is 20.8 Å². The Morgan fingerprint density at radius 2 is 2.12 bits per heavy atom. The lowest BCUT2D eigenvalue weighted by atomic mass is 10.3. The van der Waals surface area contributed by atoms with Crippen molar-refractivity contribution in [3.05, 3.63) is 29.6 Å². The van der Waals surface area contributed by atoms with E-state index in [0.29, 0.717) is 16.3 Å². The minimum absolute atomic E-state index is 0.00142. The van der Waals surface area contributed by atoms with E-state index in [2.05, 4.69) is 21.0 Å².